The first kappa shape index (κ1) is 22.1. The van der Waals surface area contributed by atoms with Crippen molar-refractivity contribution in [1.29, 1.82) is 0 Å². The third-order valence-corrected chi connectivity index (χ3v) is 6.06. The summed E-state index contributed by atoms with van der Waals surface area (Å²) in [7, 11) is 0. The van der Waals surface area contributed by atoms with E-state index >= 15 is 0 Å². The van der Waals surface area contributed by atoms with E-state index in [0.717, 1.165) is 22.6 Å². The number of ether oxygens (including phenoxy) is 2. The number of hydrogen-bond acceptors (Lipinski definition) is 5. The van der Waals surface area contributed by atoms with Crippen molar-refractivity contribution in [1.82, 2.24) is 9.78 Å². The number of carbonyl (C=O) groups is 1. The Morgan fingerprint density at radius 1 is 1.12 bits per heavy atom. The normalized spacial score (nSPS) is 15.3. The van der Waals surface area contributed by atoms with Crippen molar-refractivity contribution >= 4 is 5.97 Å². The molecule has 1 aliphatic carbocycles. The zero-order valence-electron chi connectivity index (χ0n) is 18.4. The molecule has 2 aromatic carbocycles. The Hall–Kier alpha value is -3.12. The van der Waals surface area contributed by atoms with Gasteiger partial charge in [0, 0.05) is 6.20 Å². The monoisotopic (exact) mass is 434 g/mol. The molecule has 3 aromatic rings. The molecule has 1 aromatic heterocycles. The topological polar surface area (TPSA) is 73.6 Å². The van der Waals surface area contributed by atoms with Crippen molar-refractivity contribution in [3.8, 4) is 22.6 Å². The molecule has 1 atom stereocenters. The number of aliphatic hydroxyl groups excluding tert-OH is 1. The average Bonchev–Trinajstić information content (AvgIpc) is 3.34. The fourth-order valence-corrected chi connectivity index (χ4v) is 4.28. The molecule has 1 fully saturated rings. The minimum atomic E-state index is -0.501. The van der Waals surface area contributed by atoms with Gasteiger partial charge in [0.05, 0.1) is 30.2 Å². The van der Waals surface area contributed by atoms with Crippen LogP contribution in [0.25, 0.3) is 16.8 Å². The molecule has 1 saturated carbocycles. The second kappa shape index (κ2) is 10.5. The Labute approximate surface area is 188 Å². The van der Waals surface area contributed by atoms with Gasteiger partial charge in [0.2, 0.25) is 0 Å². The molecule has 6 heteroatoms. The van der Waals surface area contributed by atoms with Crippen molar-refractivity contribution in [2.75, 3.05) is 13.2 Å². The molecular formula is C26H30N2O4. The zero-order chi connectivity index (χ0) is 22.3. The van der Waals surface area contributed by atoms with E-state index < -0.39 is 5.97 Å². The highest BCUT2D eigenvalue weighted by Gasteiger charge is 2.21. The van der Waals surface area contributed by atoms with E-state index in [0.29, 0.717) is 11.5 Å². The van der Waals surface area contributed by atoms with Crippen LogP contribution in [0.3, 0.4) is 0 Å². The average molecular weight is 435 g/mol. The summed E-state index contributed by atoms with van der Waals surface area (Å²) < 4.78 is 12.9. The molecule has 0 unspecified atom stereocenters. The maximum absolute atomic E-state index is 12.0. The van der Waals surface area contributed by atoms with Crippen LogP contribution in [0.4, 0.5) is 0 Å². The Morgan fingerprint density at radius 3 is 2.66 bits per heavy atom. The maximum Gasteiger partial charge on any atom is 0.341 e. The first-order chi connectivity index (χ1) is 15.6. The molecule has 32 heavy (non-hydrogen) atoms. The second-order valence-electron chi connectivity index (χ2n) is 8.33. The van der Waals surface area contributed by atoms with Gasteiger partial charge in [0.15, 0.2) is 0 Å². The minimum Gasteiger partial charge on any atom is -0.490 e. The van der Waals surface area contributed by atoms with E-state index in [9.17, 15) is 4.79 Å². The summed E-state index contributed by atoms with van der Waals surface area (Å²) in [5.74, 6) is 1.02. The number of aliphatic hydroxyl groups is 1. The number of nitrogens with zero attached hydrogens (tertiary/aromatic N) is 2. The molecule has 1 N–H and O–H groups in total. The molecule has 168 valence electrons. The van der Waals surface area contributed by atoms with Gasteiger partial charge in [-0.1, -0.05) is 43.5 Å². The largest absolute Gasteiger partial charge is 0.490 e. The molecule has 1 aliphatic rings. The maximum atomic E-state index is 12.0. The number of esters is 1. The van der Waals surface area contributed by atoms with Gasteiger partial charge in [-0.15, -0.1) is 0 Å². The van der Waals surface area contributed by atoms with Crippen molar-refractivity contribution in [3.05, 3.63) is 66.5 Å². The lowest BCUT2D eigenvalue weighted by atomic mass is 9.86. The lowest BCUT2D eigenvalue weighted by Gasteiger charge is -2.28. The van der Waals surface area contributed by atoms with Crippen LogP contribution in [-0.2, 0) is 4.74 Å². The number of hydrogen-bond donors (Lipinski definition) is 1. The summed E-state index contributed by atoms with van der Waals surface area (Å²) in [4.78, 5) is 12.0. The lowest BCUT2D eigenvalue weighted by Crippen LogP contribution is -2.25. The van der Waals surface area contributed by atoms with Crippen LogP contribution in [0, 0.1) is 5.92 Å². The van der Waals surface area contributed by atoms with E-state index in [2.05, 4.69) is 24.2 Å². The highest BCUT2D eigenvalue weighted by Crippen LogP contribution is 2.31. The number of benzene rings is 2. The van der Waals surface area contributed by atoms with E-state index in [-0.39, 0.29) is 19.3 Å². The molecule has 0 bridgehead atoms. The van der Waals surface area contributed by atoms with Crippen molar-refractivity contribution in [3.63, 3.8) is 0 Å². The Bertz CT molecular complexity index is 1040. The van der Waals surface area contributed by atoms with Crippen LogP contribution in [-0.4, -0.2) is 40.2 Å². The quantitative estimate of drug-likeness (QED) is 0.503. The van der Waals surface area contributed by atoms with Crippen LogP contribution >= 0.6 is 0 Å². The van der Waals surface area contributed by atoms with Crippen LogP contribution < -0.4 is 4.74 Å². The Morgan fingerprint density at radius 2 is 1.88 bits per heavy atom. The van der Waals surface area contributed by atoms with Crippen LogP contribution in [0.15, 0.2) is 60.9 Å². The van der Waals surface area contributed by atoms with Gasteiger partial charge in [-0.05, 0) is 61.1 Å². The van der Waals surface area contributed by atoms with E-state index in [1.165, 1.54) is 38.3 Å². The lowest BCUT2D eigenvalue weighted by molar-refractivity contribution is 0.0433. The summed E-state index contributed by atoms with van der Waals surface area (Å²) in [6.07, 6.45) is 9.77. The number of aromatic nitrogens is 2. The molecular weight excluding hydrogens is 404 g/mol. The predicted molar refractivity (Wildman–Crippen MR) is 123 cm³/mol. The van der Waals surface area contributed by atoms with Gasteiger partial charge in [-0.2, -0.15) is 5.10 Å². The zero-order valence-corrected chi connectivity index (χ0v) is 18.4. The number of carbonyl (C=O) groups excluding carboxylic acids is 1. The Balaban J connectivity index is 1.49. The highest BCUT2D eigenvalue weighted by atomic mass is 16.5. The highest BCUT2D eigenvalue weighted by molar-refractivity contribution is 5.88. The molecule has 0 radical (unpaired) electrons. The van der Waals surface area contributed by atoms with Crippen molar-refractivity contribution < 1.29 is 19.4 Å². The molecule has 0 aliphatic heterocycles. The summed E-state index contributed by atoms with van der Waals surface area (Å²) in [5, 5.41) is 13.1. The molecule has 0 saturated heterocycles. The molecule has 4 rings (SSSR count). The van der Waals surface area contributed by atoms with Gasteiger partial charge in [0.1, 0.15) is 12.4 Å². The summed E-state index contributed by atoms with van der Waals surface area (Å²) >= 11 is 0. The predicted octanol–water partition coefficient (Wildman–Crippen LogP) is 5.04. The standard InChI is InChI=1S/C26H30N2O4/c1-19(20-7-3-2-4-8-20)32-25-12-6-10-22(16-25)21-9-5-11-24(15-21)28-18-23(17-27-28)26(30)31-14-13-29/h5-6,9-12,15-20,29H,2-4,7-8,13-14H2,1H3/t19-/m0/s1. The molecule has 0 spiro atoms. The fourth-order valence-electron chi connectivity index (χ4n) is 4.28. The minimum absolute atomic E-state index is 0.0305. The molecule has 6 nitrogen and oxygen atoms in total. The SMILES string of the molecule is C[C@H](Oc1cccc(-c2cccc(-n3cc(C(=O)OCCO)cn3)c2)c1)C1CCCCC1. The fraction of sp³-hybridized carbons (Fsp3) is 0.385. The third-order valence-electron chi connectivity index (χ3n) is 6.06. The molecule has 1 heterocycles. The van der Waals surface area contributed by atoms with Crippen LogP contribution in [0.2, 0.25) is 0 Å². The van der Waals surface area contributed by atoms with E-state index in [1.807, 2.05) is 36.4 Å². The number of rotatable bonds is 8. The van der Waals surface area contributed by atoms with E-state index in [1.54, 1.807) is 10.9 Å². The van der Waals surface area contributed by atoms with Crippen molar-refractivity contribution in [2.45, 2.75) is 45.1 Å². The van der Waals surface area contributed by atoms with Gasteiger partial charge in [-0.3, -0.25) is 0 Å². The van der Waals surface area contributed by atoms with Gasteiger partial charge in [-0.25, -0.2) is 9.48 Å². The van der Waals surface area contributed by atoms with Crippen LogP contribution in [0.1, 0.15) is 49.4 Å². The van der Waals surface area contributed by atoms with Gasteiger partial charge < -0.3 is 14.6 Å². The second-order valence-corrected chi connectivity index (χ2v) is 8.33. The van der Waals surface area contributed by atoms with E-state index in [4.69, 9.17) is 14.6 Å². The summed E-state index contributed by atoms with van der Waals surface area (Å²) in [6.45, 7) is 1.95. The van der Waals surface area contributed by atoms with Crippen LogP contribution in [0.5, 0.6) is 5.75 Å². The third kappa shape index (κ3) is 5.37. The Kier molecular flexibility index (Phi) is 7.22. The van der Waals surface area contributed by atoms with Crippen molar-refractivity contribution in [2.24, 2.45) is 5.92 Å². The van der Waals surface area contributed by atoms with Gasteiger partial charge >= 0.3 is 5.97 Å². The first-order valence-corrected chi connectivity index (χ1v) is 11.3. The smallest absolute Gasteiger partial charge is 0.341 e. The first-order valence-electron chi connectivity index (χ1n) is 11.3. The van der Waals surface area contributed by atoms with Gasteiger partial charge in [0.25, 0.3) is 0 Å². The summed E-state index contributed by atoms with van der Waals surface area (Å²) in [5.41, 5.74) is 3.29. The summed E-state index contributed by atoms with van der Waals surface area (Å²) in [6, 6.07) is 16.2. The molecule has 0 amide bonds.